The lowest BCUT2D eigenvalue weighted by atomic mass is 9.82. The summed E-state index contributed by atoms with van der Waals surface area (Å²) >= 11 is 0. The second-order valence-electron chi connectivity index (χ2n) is 8.55. The van der Waals surface area contributed by atoms with E-state index in [-0.39, 0.29) is 12.2 Å². The third kappa shape index (κ3) is 6.60. The minimum atomic E-state index is -0.453. The third-order valence-corrected chi connectivity index (χ3v) is 5.33. The first kappa shape index (κ1) is 19.5. The highest BCUT2D eigenvalue weighted by Gasteiger charge is 2.28. The Balaban J connectivity index is 1.76. The molecule has 2 fully saturated rings. The summed E-state index contributed by atoms with van der Waals surface area (Å²) in [5, 5.41) is 16.8. The number of carbonyl (C=O) groups is 1. The molecule has 2 rings (SSSR count). The molecule has 0 heterocycles. The van der Waals surface area contributed by atoms with E-state index in [9.17, 15) is 9.90 Å². The molecule has 140 valence electrons. The smallest absolute Gasteiger partial charge is 0.407 e. The summed E-state index contributed by atoms with van der Waals surface area (Å²) in [6.45, 7) is 7.21. The minimum absolute atomic E-state index is 0.145. The van der Waals surface area contributed by atoms with Crippen LogP contribution in [0.5, 0.6) is 0 Å². The van der Waals surface area contributed by atoms with Gasteiger partial charge in [0.2, 0.25) is 0 Å². The second kappa shape index (κ2) is 9.04. The Morgan fingerprint density at radius 2 is 1.62 bits per heavy atom. The van der Waals surface area contributed by atoms with Crippen molar-refractivity contribution in [3.63, 3.8) is 0 Å². The molecule has 0 spiro atoms. The van der Waals surface area contributed by atoms with Crippen molar-refractivity contribution in [2.24, 2.45) is 11.8 Å². The zero-order valence-electron chi connectivity index (χ0n) is 15.6. The summed E-state index contributed by atoms with van der Waals surface area (Å²) in [6.07, 6.45) is 8.76. The number of aliphatic hydroxyl groups is 1. The molecule has 3 N–H and O–H groups in total. The molecule has 0 aromatic carbocycles. The van der Waals surface area contributed by atoms with Gasteiger partial charge < -0.3 is 20.5 Å². The van der Waals surface area contributed by atoms with Gasteiger partial charge in [-0.1, -0.05) is 25.7 Å². The van der Waals surface area contributed by atoms with Crippen molar-refractivity contribution in [1.29, 1.82) is 0 Å². The monoisotopic (exact) mass is 340 g/mol. The fourth-order valence-corrected chi connectivity index (χ4v) is 3.98. The van der Waals surface area contributed by atoms with Crippen LogP contribution in [-0.2, 0) is 4.74 Å². The largest absolute Gasteiger partial charge is 0.444 e. The van der Waals surface area contributed by atoms with Crippen molar-refractivity contribution in [2.45, 2.75) is 89.9 Å². The molecule has 0 aliphatic heterocycles. The SMILES string of the molecule is CC(C)(C)OC(=O)NCC1CCCCC1NCC1CCCCC1O. The highest BCUT2D eigenvalue weighted by Crippen LogP contribution is 2.27. The van der Waals surface area contributed by atoms with Crippen molar-refractivity contribution in [2.75, 3.05) is 13.1 Å². The Kier molecular flexibility index (Phi) is 7.35. The van der Waals surface area contributed by atoms with E-state index in [1.807, 2.05) is 20.8 Å². The van der Waals surface area contributed by atoms with Gasteiger partial charge in [0.15, 0.2) is 0 Å². The van der Waals surface area contributed by atoms with Gasteiger partial charge >= 0.3 is 6.09 Å². The van der Waals surface area contributed by atoms with Crippen molar-refractivity contribution in [3.8, 4) is 0 Å². The number of nitrogens with one attached hydrogen (secondary N) is 2. The van der Waals surface area contributed by atoms with E-state index in [4.69, 9.17) is 4.74 Å². The Hall–Kier alpha value is -0.810. The standard InChI is InChI=1S/C19H36N2O3/c1-19(2,3)24-18(23)21-12-14-8-4-6-10-16(14)20-13-15-9-5-7-11-17(15)22/h14-17,20,22H,4-13H2,1-3H3,(H,21,23). The van der Waals surface area contributed by atoms with Crippen LogP contribution in [0.3, 0.4) is 0 Å². The molecule has 0 aromatic heterocycles. The van der Waals surface area contributed by atoms with Gasteiger partial charge in [0.25, 0.3) is 0 Å². The summed E-state index contributed by atoms with van der Waals surface area (Å²) in [5.74, 6) is 0.840. The van der Waals surface area contributed by atoms with Crippen LogP contribution in [0, 0.1) is 11.8 Å². The number of hydrogen-bond acceptors (Lipinski definition) is 4. The fraction of sp³-hybridized carbons (Fsp3) is 0.947. The average Bonchev–Trinajstić information content (AvgIpc) is 2.51. The second-order valence-corrected chi connectivity index (χ2v) is 8.55. The van der Waals surface area contributed by atoms with Crippen LogP contribution < -0.4 is 10.6 Å². The number of rotatable bonds is 5. The quantitative estimate of drug-likeness (QED) is 0.719. The first-order valence-corrected chi connectivity index (χ1v) is 9.73. The first-order chi connectivity index (χ1) is 11.3. The Bertz CT molecular complexity index is 395. The molecule has 24 heavy (non-hydrogen) atoms. The molecule has 4 unspecified atom stereocenters. The van der Waals surface area contributed by atoms with Crippen LogP contribution in [0.15, 0.2) is 0 Å². The zero-order valence-corrected chi connectivity index (χ0v) is 15.6. The van der Waals surface area contributed by atoms with Gasteiger partial charge in [-0.3, -0.25) is 0 Å². The number of alkyl carbamates (subject to hydrolysis) is 1. The van der Waals surface area contributed by atoms with Crippen molar-refractivity contribution >= 4 is 6.09 Å². The molecular formula is C19H36N2O3. The van der Waals surface area contributed by atoms with Gasteiger partial charge in [-0.05, 0) is 58.3 Å². The molecule has 2 saturated carbocycles. The molecule has 2 aliphatic rings. The molecule has 4 atom stereocenters. The lowest BCUT2D eigenvalue weighted by molar-refractivity contribution is 0.0505. The molecule has 5 nitrogen and oxygen atoms in total. The summed E-state index contributed by atoms with van der Waals surface area (Å²) in [4.78, 5) is 11.9. The predicted octanol–water partition coefficient (Wildman–Crippen LogP) is 3.21. The van der Waals surface area contributed by atoms with Gasteiger partial charge in [0.1, 0.15) is 5.60 Å². The normalized spacial score (nSPS) is 31.5. The van der Waals surface area contributed by atoms with Crippen molar-refractivity contribution in [3.05, 3.63) is 0 Å². The molecule has 5 heteroatoms. The molecular weight excluding hydrogens is 304 g/mol. The maximum Gasteiger partial charge on any atom is 0.407 e. The van der Waals surface area contributed by atoms with Gasteiger partial charge in [-0.25, -0.2) is 4.79 Å². The van der Waals surface area contributed by atoms with E-state index in [1.165, 1.54) is 19.3 Å². The van der Waals surface area contributed by atoms with E-state index in [0.717, 1.165) is 38.6 Å². The van der Waals surface area contributed by atoms with E-state index < -0.39 is 5.60 Å². The lowest BCUT2D eigenvalue weighted by Crippen LogP contribution is -2.47. The van der Waals surface area contributed by atoms with Crippen LogP contribution >= 0.6 is 0 Å². The van der Waals surface area contributed by atoms with E-state index in [2.05, 4.69) is 10.6 Å². The molecule has 0 bridgehead atoms. The minimum Gasteiger partial charge on any atom is -0.444 e. The molecule has 1 amide bonds. The summed E-state index contributed by atoms with van der Waals surface area (Å²) in [6, 6.07) is 0.433. The number of aliphatic hydroxyl groups excluding tert-OH is 1. The topological polar surface area (TPSA) is 70.6 Å². The van der Waals surface area contributed by atoms with Gasteiger partial charge in [0, 0.05) is 19.1 Å². The van der Waals surface area contributed by atoms with Crippen LogP contribution in [0.25, 0.3) is 0 Å². The molecule has 0 saturated heterocycles. The summed E-state index contributed by atoms with van der Waals surface area (Å²) in [5.41, 5.74) is -0.453. The van der Waals surface area contributed by atoms with Crippen LogP contribution in [0.1, 0.15) is 72.1 Å². The number of ether oxygens (including phenoxy) is 1. The Labute approximate surface area is 146 Å². The average molecular weight is 341 g/mol. The van der Waals surface area contributed by atoms with Crippen molar-refractivity contribution in [1.82, 2.24) is 10.6 Å². The third-order valence-electron chi connectivity index (χ3n) is 5.33. The summed E-state index contributed by atoms with van der Waals surface area (Å²) < 4.78 is 5.33. The maximum absolute atomic E-state index is 11.9. The van der Waals surface area contributed by atoms with Gasteiger partial charge in [-0.2, -0.15) is 0 Å². The van der Waals surface area contributed by atoms with Gasteiger partial charge in [0.05, 0.1) is 6.10 Å². The molecule has 2 aliphatic carbocycles. The molecule has 0 aromatic rings. The van der Waals surface area contributed by atoms with E-state index >= 15 is 0 Å². The highest BCUT2D eigenvalue weighted by atomic mass is 16.6. The molecule has 0 radical (unpaired) electrons. The zero-order chi connectivity index (χ0) is 17.6. The van der Waals surface area contributed by atoms with E-state index in [1.54, 1.807) is 0 Å². The van der Waals surface area contributed by atoms with Crippen LogP contribution in [0.4, 0.5) is 4.79 Å². The number of hydrogen-bond donors (Lipinski definition) is 3. The number of amides is 1. The predicted molar refractivity (Wildman–Crippen MR) is 96.0 cm³/mol. The van der Waals surface area contributed by atoms with Crippen molar-refractivity contribution < 1.29 is 14.6 Å². The summed E-state index contributed by atoms with van der Waals surface area (Å²) in [7, 11) is 0. The lowest BCUT2D eigenvalue weighted by Gasteiger charge is -2.35. The number of carbonyl (C=O) groups excluding carboxylic acids is 1. The van der Waals surface area contributed by atoms with Crippen LogP contribution in [-0.4, -0.2) is 42.0 Å². The highest BCUT2D eigenvalue weighted by molar-refractivity contribution is 5.67. The van der Waals surface area contributed by atoms with Crippen LogP contribution in [0.2, 0.25) is 0 Å². The first-order valence-electron chi connectivity index (χ1n) is 9.73. The van der Waals surface area contributed by atoms with Gasteiger partial charge in [-0.15, -0.1) is 0 Å². The Morgan fingerprint density at radius 1 is 1.00 bits per heavy atom. The Morgan fingerprint density at radius 3 is 2.29 bits per heavy atom. The maximum atomic E-state index is 11.9. The fourth-order valence-electron chi connectivity index (χ4n) is 3.98. The van der Waals surface area contributed by atoms with E-state index in [0.29, 0.717) is 24.4 Å².